The Hall–Kier alpha value is -1.46. The van der Waals surface area contributed by atoms with E-state index in [2.05, 4.69) is 36.9 Å². The molecule has 0 bridgehead atoms. The maximum absolute atomic E-state index is 9.66. The van der Waals surface area contributed by atoms with E-state index in [-0.39, 0.29) is 12.0 Å². The molecule has 2 heterocycles. The van der Waals surface area contributed by atoms with Crippen molar-refractivity contribution in [1.82, 2.24) is 14.6 Å². The number of pyridine rings is 1. The topological polar surface area (TPSA) is 59.7 Å². The molecule has 1 N–H and O–H groups in total. The van der Waals surface area contributed by atoms with Crippen molar-refractivity contribution in [2.45, 2.75) is 52.2 Å². The molecule has 0 fully saturated rings. The van der Waals surface area contributed by atoms with E-state index in [0.29, 0.717) is 6.61 Å². The molecule has 0 aliphatic carbocycles. The van der Waals surface area contributed by atoms with E-state index in [4.69, 9.17) is 4.74 Å². The van der Waals surface area contributed by atoms with Gasteiger partial charge in [-0.3, -0.25) is 0 Å². The lowest BCUT2D eigenvalue weighted by molar-refractivity contribution is -0.0280. The van der Waals surface area contributed by atoms with Gasteiger partial charge in [-0.1, -0.05) is 26.8 Å². The third-order valence-electron chi connectivity index (χ3n) is 3.02. The lowest BCUT2D eigenvalue weighted by Gasteiger charge is -2.21. The highest BCUT2D eigenvalue weighted by Crippen LogP contribution is 2.26. The van der Waals surface area contributed by atoms with Gasteiger partial charge in [0.05, 0.1) is 24.5 Å². The molecule has 0 amide bonds. The van der Waals surface area contributed by atoms with Gasteiger partial charge in [0.15, 0.2) is 5.65 Å². The van der Waals surface area contributed by atoms with Crippen LogP contribution in [0.1, 0.15) is 45.9 Å². The van der Waals surface area contributed by atoms with Crippen molar-refractivity contribution < 1.29 is 9.84 Å². The lowest BCUT2D eigenvalue weighted by Crippen LogP contribution is -2.26. The molecule has 0 aromatic carbocycles. The third-order valence-corrected chi connectivity index (χ3v) is 3.02. The number of fused-ring (bicyclic) bond motifs is 1. The summed E-state index contributed by atoms with van der Waals surface area (Å²) in [6.07, 6.45) is 1.56. The van der Waals surface area contributed by atoms with E-state index in [0.717, 1.165) is 16.9 Å². The van der Waals surface area contributed by atoms with E-state index in [1.165, 1.54) is 0 Å². The Morgan fingerprint density at radius 1 is 1.20 bits per heavy atom. The molecule has 5 nitrogen and oxygen atoms in total. The molecule has 0 aliphatic rings. The number of hydrogen-bond donors (Lipinski definition) is 1. The van der Waals surface area contributed by atoms with E-state index < -0.39 is 5.60 Å². The Balaban J connectivity index is 2.27. The van der Waals surface area contributed by atoms with Crippen molar-refractivity contribution in [3.63, 3.8) is 0 Å². The van der Waals surface area contributed by atoms with Crippen molar-refractivity contribution in [3.8, 4) is 0 Å². The SMILES string of the molecule is CC(C)(O)COCc1ccc(C(C)(C)C)c2ncnn12. The molecule has 0 spiro atoms. The van der Waals surface area contributed by atoms with Gasteiger partial charge in [-0.2, -0.15) is 5.10 Å². The summed E-state index contributed by atoms with van der Waals surface area (Å²) in [5, 5.41) is 13.9. The summed E-state index contributed by atoms with van der Waals surface area (Å²) in [6, 6.07) is 4.08. The van der Waals surface area contributed by atoms with Gasteiger partial charge >= 0.3 is 0 Å². The number of ether oxygens (including phenoxy) is 1. The molecule has 0 radical (unpaired) electrons. The molecular formula is C15H23N3O2. The van der Waals surface area contributed by atoms with Gasteiger partial charge in [0.25, 0.3) is 0 Å². The molecule has 2 rings (SSSR count). The molecular weight excluding hydrogens is 254 g/mol. The van der Waals surface area contributed by atoms with Gasteiger partial charge in [-0.25, -0.2) is 9.50 Å². The predicted molar refractivity (Wildman–Crippen MR) is 77.6 cm³/mol. The van der Waals surface area contributed by atoms with Crippen LogP contribution in [0.15, 0.2) is 18.5 Å². The monoisotopic (exact) mass is 277 g/mol. The second kappa shape index (κ2) is 5.14. The summed E-state index contributed by atoms with van der Waals surface area (Å²) in [5.74, 6) is 0. The van der Waals surface area contributed by atoms with Gasteiger partial charge in [0, 0.05) is 5.56 Å². The second-order valence-electron chi connectivity index (χ2n) is 6.79. The van der Waals surface area contributed by atoms with Crippen LogP contribution in [-0.4, -0.2) is 31.9 Å². The molecule has 0 aliphatic heterocycles. The van der Waals surface area contributed by atoms with Crippen LogP contribution in [0.2, 0.25) is 0 Å². The maximum atomic E-state index is 9.66. The third kappa shape index (κ3) is 3.35. The summed E-state index contributed by atoms with van der Waals surface area (Å²) in [5.41, 5.74) is 2.13. The fourth-order valence-electron chi connectivity index (χ4n) is 2.06. The molecule has 2 aromatic rings. The molecule has 0 unspecified atom stereocenters. The Labute approximate surface area is 119 Å². The molecule has 2 aromatic heterocycles. The highest BCUT2D eigenvalue weighted by atomic mass is 16.5. The number of aliphatic hydroxyl groups is 1. The first-order valence-corrected chi connectivity index (χ1v) is 6.81. The van der Waals surface area contributed by atoms with Crippen LogP contribution in [0.5, 0.6) is 0 Å². The lowest BCUT2D eigenvalue weighted by atomic mass is 9.87. The zero-order valence-corrected chi connectivity index (χ0v) is 12.8. The number of nitrogens with zero attached hydrogens (tertiary/aromatic N) is 3. The predicted octanol–water partition coefficient (Wildman–Crippen LogP) is 2.31. The van der Waals surface area contributed by atoms with Crippen LogP contribution in [0.3, 0.4) is 0 Å². The first-order chi connectivity index (χ1) is 9.18. The Morgan fingerprint density at radius 3 is 2.50 bits per heavy atom. The number of hydrogen-bond acceptors (Lipinski definition) is 4. The highest BCUT2D eigenvalue weighted by Gasteiger charge is 2.20. The zero-order valence-electron chi connectivity index (χ0n) is 12.8. The van der Waals surface area contributed by atoms with Gasteiger partial charge in [-0.05, 0) is 25.3 Å². The van der Waals surface area contributed by atoms with E-state index >= 15 is 0 Å². The maximum Gasteiger partial charge on any atom is 0.159 e. The standard InChI is InChI=1S/C15H23N3O2/c1-14(2,3)12-7-6-11(8-20-9-15(4,5)19)18-13(12)16-10-17-18/h6-7,10,19H,8-9H2,1-5H3. The Morgan fingerprint density at radius 2 is 1.90 bits per heavy atom. The van der Waals surface area contributed by atoms with Crippen LogP contribution in [-0.2, 0) is 16.8 Å². The highest BCUT2D eigenvalue weighted by molar-refractivity contribution is 5.51. The fraction of sp³-hybridized carbons (Fsp3) is 0.600. The summed E-state index contributed by atoms with van der Waals surface area (Å²) >= 11 is 0. The van der Waals surface area contributed by atoms with E-state index in [9.17, 15) is 5.11 Å². The van der Waals surface area contributed by atoms with E-state index in [1.54, 1.807) is 20.2 Å². The number of rotatable bonds is 4. The minimum Gasteiger partial charge on any atom is -0.388 e. The van der Waals surface area contributed by atoms with Gasteiger partial charge in [0.1, 0.15) is 6.33 Å². The number of aromatic nitrogens is 3. The van der Waals surface area contributed by atoms with Crippen LogP contribution < -0.4 is 0 Å². The van der Waals surface area contributed by atoms with Crippen molar-refractivity contribution in [1.29, 1.82) is 0 Å². The quantitative estimate of drug-likeness (QED) is 0.931. The molecule has 110 valence electrons. The van der Waals surface area contributed by atoms with Crippen LogP contribution >= 0.6 is 0 Å². The zero-order chi connectivity index (χ0) is 15.0. The smallest absolute Gasteiger partial charge is 0.159 e. The van der Waals surface area contributed by atoms with Gasteiger partial charge < -0.3 is 9.84 Å². The molecule has 0 saturated heterocycles. The first kappa shape index (κ1) is 14.9. The molecule has 0 atom stereocenters. The van der Waals surface area contributed by atoms with Crippen LogP contribution in [0.25, 0.3) is 5.65 Å². The summed E-state index contributed by atoms with van der Waals surface area (Å²) in [7, 11) is 0. The van der Waals surface area contributed by atoms with Crippen molar-refractivity contribution in [2.24, 2.45) is 0 Å². The van der Waals surface area contributed by atoms with Crippen molar-refractivity contribution in [2.75, 3.05) is 6.61 Å². The second-order valence-corrected chi connectivity index (χ2v) is 6.79. The average molecular weight is 277 g/mol. The normalized spacial score (nSPS) is 13.1. The molecule has 0 saturated carbocycles. The van der Waals surface area contributed by atoms with Crippen LogP contribution in [0.4, 0.5) is 0 Å². The van der Waals surface area contributed by atoms with Gasteiger partial charge in [0.2, 0.25) is 0 Å². The van der Waals surface area contributed by atoms with Crippen molar-refractivity contribution in [3.05, 3.63) is 29.7 Å². The minimum atomic E-state index is -0.827. The minimum absolute atomic E-state index is 0.0146. The fourth-order valence-corrected chi connectivity index (χ4v) is 2.06. The van der Waals surface area contributed by atoms with E-state index in [1.807, 2.05) is 10.6 Å². The molecule has 5 heteroatoms. The molecule has 20 heavy (non-hydrogen) atoms. The van der Waals surface area contributed by atoms with Crippen LogP contribution in [0, 0.1) is 0 Å². The van der Waals surface area contributed by atoms with Crippen molar-refractivity contribution >= 4 is 5.65 Å². The Kier molecular flexibility index (Phi) is 3.84. The summed E-state index contributed by atoms with van der Waals surface area (Å²) in [6.45, 7) is 10.6. The summed E-state index contributed by atoms with van der Waals surface area (Å²) in [4.78, 5) is 4.35. The van der Waals surface area contributed by atoms with Gasteiger partial charge in [-0.15, -0.1) is 0 Å². The summed E-state index contributed by atoms with van der Waals surface area (Å²) < 4.78 is 7.36. The Bertz CT molecular complexity index is 591. The largest absolute Gasteiger partial charge is 0.388 e. The average Bonchev–Trinajstić information content (AvgIpc) is 2.74. The first-order valence-electron chi connectivity index (χ1n) is 6.81.